The van der Waals surface area contributed by atoms with Gasteiger partial charge in [0, 0.05) is 37.2 Å². The molecule has 1 aliphatic carbocycles. The normalized spacial score (nSPS) is 27.5. The Balaban J connectivity index is 1.35. The zero-order chi connectivity index (χ0) is 15.1. The molecule has 0 spiro atoms. The molecule has 120 valence electrons. The second-order valence-corrected chi connectivity index (χ2v) is 7.14. The SMILES string of the molecule is CC1CCCN1C1CCN(C(=O)c2cc(C3CC3)on2)CC1. The van der Waals surface area contributed by atoms with Crippen LogP contribution in [0.2, 0.25) is 0 Å². The summed E-state index contributed by atoms with van der Waals surface area (Å²) in [5.74, 6) is 1.45. The number of carbonyl (C=O) groups excluding carboxylic acids is 1. The van der Waals surface area contributed by atoms with Gasteiger partial charge in [-0.3, -0.25) is 9.69 Å². The fourth-order valence-corrected chi connectivity index (χ4v) is 4.01. The summed E-state index contributed by atoms with van der Waals surface area (Å²) in [6.07, 6.45) is 7.16. The Morgan fingerprint density at radius 2 is 1.95 bits per heavy atom. The van der Waals surface area contributed by atoms with Crippen LogP contribution >= 0.6 is 0 Å². The van der Waals surface area contributed by atoms with Crippen molar-refractivity contribution in [1.29, 1.82) is 0 Å². The molecule has 2 aliphatic heterocycles. The van der Waals surface area contributed by atoms with Crippen LogP contribution in [0, 0.1) is 0 Å². The highest BCUT2D eigenvalue weighted by atomic mass is 16.5. The fraction of sp³-hybridized carbons (Fsp3) is 0.765. The highest BCUT2D eigenvalue weighted by Gasteiger charge is 2.33. The van der Waals surface area contributed by atoms with Gasteiger partial charge < -0.3 is 9.42 Å². The quantitative estimate of drug-likeness (QED) is 0.861. The Bertz CT molecular complexity index is 544. The van der Waals surface area contributed by atoms with Gasteiger partial charge in [0.25, 0.3) is 5.91 Å². The standard InChI is InChI=1S/C17H25N3O2/c1-12-3-2-8-20(12)14-6-9-19(10-7-14)17(21)15-11-16(22-18-15)13-4-5-13/h11-14H,2-10H2,1H3. The molecule has 1 unspecified atom stereocenters. The monoisotopic (exact) mass is 303 g/mol. The number of nitrogens with zero attached hydrogens (tertiary/aromatic N) is 3. The van der Waals surface area contributed by atoms with Crippen LogP contribution < -0.4 is 0 Å². The molecule has 4 rings (SSSR count). The number of amides is 1. The van der Waals surface area contributed by atoms with Gasteiger partial charge in [-0.25, -0.2) is 0 Å². The number of carbonyl (C=O) groups is 1. The van der Waals surface area contributed by atoms with Gasteiger partial charge in [-0.05, 0) is 52.0 Å². The van der Waals surface area contributed by atoms with E-state index in [0.717, 1.165) is 31.7 Å². The highest BCUT2D eigenvalue weighted by Crippen LogP contribution is 2.40. The van der Waals surface area contributed by atoms with E-state index in [1.165, 1.54) is 32.2 Å². The second-order valence-electron chi connectivity index (χ2n) is 7.14. The van der Waals surface area contributed by atoms with E-state index >= 15 is 0 Å². The number of piperidine rings is 1. The smallest absolute Gasteiger partial charge is 0.276 e. The summed E-state index contributed by atoms with van der Waals surface area (Å²) in [4.78, 5) is 17.1. The van der Waals surface area contributed by atoms with Crippen LogP contribution in [0.3, 0.4) is 0 Å². The summed E-state index contributed by atoms with van der Waals surface area (Å²) in [5.41, 5.74) is 0.495. The summed E-state index contributed by atoms with van der Waals surface area (Å²) in [6, 6.07) is 3.22. The highest BCUT2D eigenvalue weighted by molar-refractivity contribution is 5.92. The third-order valence-corrected chi connectivity index (χ3v) is 5.55. The van der Waals surface area contributed by atoms with Gasteiger partial charge in [0.1, 0.15) is 5.76 Å². The van der Waals surface area contributed by atoms with E-state index in [1.807, 2.05) is 11.0 Å². The molecule has 3 aliphatic rings. The molecule has 0 radical (unpaired) electrons. The first-order valence-electron chi connectivity index (χ1n) is 8.74. The summed E-state index contributed by atoms with van der Waals surface area (Å²) in [7, 11) is 0. The number of rotatable bonds is 3. The molecule has 5 heteroatoms. The number of likely N-dealkylation sites (tertiary alicyclic amines) is 2. The van der Waals surface area contributed by atoms with E-state index in [0.29, 0.717) is 23.7 Å². The zero-order valence-electron chi connectivity index (χ0n) is 13.3. The van der Waals surface area contributed by atoms with E-state index < -0.39 is 0 Å². The van der Waals surface area contributed by atoms with Gasteiger partial charge in [0.2, 0.25) is 0 Å². The predicted octanol–water partition coefficient (Wildman–Crippen LogP) is 2.64. The maximum Gasteiger partial charge on any atom is 0.276 e. The average Bonchev–Trinajstić information content (AvgIpc) is 3.12. The fourth-order valence-electron chi connectivity index (χ4n) is 4.01. The maximum absolute atomic E-state index is 12.5. The second kappa shape index (κ2) is 5.69. The molecule has 3 fully saturated rings. The van der Waals surface area contributed by atoms with Crippen molar-refractivity contribution in [1.82, 2.24) is 15.0 Å². The number of hydrogen-bond donors (Lipinski definition) is 0. The molecule has 22 heavy (non-hydrogen) atoms. The van der Waals surface area contributed by atoms with Gasteiger partial charge >= 0.3 is 0 Å². The molecule has 1 saturated carbocycles. The molecule has 5 nitrogen and oxygen atoms in total. The third kappa shape index (κ3) is 2.67. The minimum Gasteiger partial charge on any atom is -0.360 e. The van der Waals surface area contributed by atoms with Crippen LogP contribution in [0.1, 0.15) is 67.6 Å². The molecule has 1 aromatic rings. The minimum absolute atomic E-state index is 0.0450. The largest absolute Gasteiger partial charge is 0.360 e. The number of hydrogen-bond acceptors (Lipinski definition) is 4. The predicted molar refractivity (Wildman–Crippen MR) is 82.8 cm³/mol. The Morgan fingerprint density at radius 3 is 2.59 bits per heavy atom. The number of aromatic nitrogens is 1. The van der Waals surface area contributed by atoms with Crippen LogP contribution in [-0.4, -0.2) is 52.6 Å². The molecule has 0 aromatic carbocycles. The van der Waals surface area contributed by atoms with Crippen molar-refractivity contribution in [3.63, 3.8) is 0 Å². The van der Waals surface area contributed by atoms with Crippen molar-refractivity contribution in [2.45, 2.75) is 63.5 Å². The summed E-state index contributed by atoms with van der Waals surface area (Å²) in [6.45, 7) is 5.25. The average molecular weight is 303 g/mol. The van der Waals surface area contributed by atoms with Crippen molar-refractivity contribution in [2.75, 3.05) is 19.6 Å². The lowest BCUT2D eigenvalue weighted by molar-refractivity contribution is 0.0601. The third-order valence-electron chi connectivity index (χ3n) is 5.55. The van der Waals surface area contributed by atoms with Gasteiger partial charge in [0.05, 0.1) is 0 Å². The lowest BCUT2D eigenvalue weighted by Crippen LogP contribution is -2.47. The van der Waals surface area contributed by atoms with Gasteiger partial charge in [-0.15, -0.1) is 0 Å². The Hall–Kier alpha value is -1.36. The van der Waals surface area contributed by atoms with Crippen molar-refractivity contribution in [2.24, 2.45) is 0 Å². The lowest BCUT2D eigenvalue weighted by atomic mass is 10.0. The van der Waals surface area contributed by atoms with Crippen LogP contribution in [0.4, 0.5) is 0 Å². The van der Waals surface area contributed by atoms with E-state index in [1.54, 1.807) is 0 Å². The molecule has 1 aromatic heterocycles. The van der Waals surface area contributed by atoms with E-state index in [2.05, 4.69) is 17.0 Å². The van der Waals surface area contributed by atoms with Crippen LogP contribution in [0.15, 0.2) is 10.6 Å². The van der Waals surface area contributed by atoms with Crippen molar-refractivity contribution in [3.8, 4) is 0 Å². The van der Waals surface area contributed by atoms with E-state index in [9.17, 15) is 4.79 Å². The maximum atomic E-state index is 12.5. The first-order chi connectivity index (χ1) is 10.7. The molecule has 1 atom stereocenters. The summed E-state index contributed by atoms with van der Waals surface area (Å²) >= 11 is 0. The Morgan fingerprint density at radius 1 is 1.18 bits per heavy atom. The molecule has 1 amide bonds. The Kier molecular flexibility index (Phi) is 3.68. The van der Waals surface area contributed by atoms with E-state index in [4.69, 9.17) is 4.52 Å². The summed E-state index contributed by atoms with van der Waals surface area (Å²) < 4.78 is 5.31. The molecule has 0 N–H and O–H groups in total. The minimum atomic E-state index is 0.0450. The van der Waals surface area contributed by atoms with Crippen molar-refractivity contribution >= 4 is 5.91 Å². The molecular weight excluding hydrogens is 278 g/mol. The van der Waals surface area contributed by atoms with Crippen LogP contribution in [-0.2, 0) is 0 Å². The van der Waals surface area contributed by atoms with Crippen molar-refractivity contribution in [3.05, 3.63) is 17.5 Å². The summed E-state index contributed by atoms with van der Waals surface area (Å²) in [5, 5.41) is 3.98. The first kappa shape index (κ1) is 14.2. The molecular formula is C17H25N3O2. The molecule has 2 saturated heterocycles. The van der Waals surface area contributed by atoms with E-state index in [-0.39, 0.29) is 5.91 Å². The van der Waals surface area contributed by atoms with Crippen LogP contribution in [0.5, 0.6) is 0 Å². The lowest BCUT2D eigenvalue weighted by Gasteiger charge is -2.38. The zero-order valence-corrected chi connectivity index (χ0v) is 13.3. The topological polar surface area (TPSA) is 49.6 Å². The van der Waals surface area contributed by atoms with Crippen LogP contribution in [0.25, 0.3) is 0 Å². The van der Waals surface area contributed by atoms with Gasteiger partial charge in [0.15, 0.2) is 5.69 Å². The molecule has 3 heterocycles. The van der Waals surface area contributed by atoms with Gasteiger partial charge in [-0.1, -0.05) is 5.16 Å². The Labute approximate surface area is 131 Å². The van der Waals surface area contributed by atoms with Gasteiger partial charge in [-0.2, -0.15) is 0 Å². The van der Waals surface area contributed by atoms with Crippen molar-refractivity contribution < 1.29 is 9.32 Å². The molecule has 0 bridgehead atoms. The first-order valence-corrected chi connectivity index (χ1v) is 8.74.